The molecule has 1 aliphatic rings. The highest BCUT2D eigenvalue weighted by atomic mass is 16.5. The molecule has 1 aromatic carbocycles. The van der Waals surface area contributed by atoms with Gasteiger partial charge in [-0.3, -0.25) is 14.4 Å². The number of hydrogen-bond donors (Lipinski definition) is 2. The zero-order valence-electron chi connectivity index (χ0n) is 21.2. The molecule has 38 heavy (non-hydrogen) atoms. The standard InChI is InChI=1S/C27H27N3O8/c1-5-13-30-16(3)22(27(35)36-4)21(25(30)33)14-19-11-12-20(38-19)15-28-23(31)24(32)29-18-9-7-17(8-10-18)26(34)37-6-2/h5,7-12,14H,1,6,13,15H2,2-4H3,(H,28,31)(H,29,32)/b21-14+. The van der Waals surface area contributed by atoms with E-state index in [1.54, 1.807) is 32.1 Å². The van der Waals surface area contributed by atoms with Crippen LogP contribution in [0.1, 0.15) is 35.7 Å². The lowest BCUT2D eigenvalue weighted by Gasteiger charge is -2.14. The Labute approximate surface area is 218 Å². The number of amides is 3. The van der Waals surface area contributed by atoms with Crippen molar-refractivity contribution < 1.29 is 37.9 Å². The Morgan fingerprint density at radius 1 is 1.05 bits per heavy atom. The summed E-state index contributed by atoms with van der Waals surface area (Å²) >= 11 is 0. The summed E-state index contributed by atoms with van der Waals surface area (Å²) in [4.78, 5) is 62.7. The number of anilines is 1. The van der Waals surface area contributed by atoms with E-state index in [4.69, 9.17) is 13.9 Å². The van der Waals surface area contributed by atoms with Crippen LogP contribution in [-0.2, 0) is 35.2 Å². The first-order valence-corrected chi connectivity index (χ1v) is 11.6. The van der Waals surface area contributed by atoms with E-state index in [0.29, 0.717) is 22.7 Å². The molecule has 11 heteroatoms. The van der Waals surface area contributed by atoms with Crippen molar-refractivity contribution in [2.75, 3.05) is 25.6 Å². The molecule has 0 bridgehead atoms. The number of rotatable bonds is 9. The van der Waals surface area contributed by atoms with Gasteiger partial charge in [0, 0.05) is 17.9 Å². The van der Waals surface area contributed by atoms with Crippen LogP contribution in [0.25, 0.3) is 6.08 Å². The zero-order valence-corrected chi connectivity index (χ0v) is 21.2. The number of carbonyl (C=O) groups excluding carboxylic acids is 5. The molecule has 198 valence electrons. The first-order chi connectivity index (χ1) is 18.2. The molecule has 0 fully saturated rings. The molecule has 2 N–H and O–H groups in total. The summed E-state index contributed by atoms with van der Waals surface area (Å²) in [6.07, 6.45) is 2.96. The van der Waals surface area contributed by atoms with Gasteiger partial charge in [0.05, 0.1) is 37.0 Å². The highest BCUT2D eigenvalue weighted by molar-refractivity contribution is 6.39. The van der Waals surface area contributed by atoms with Gasteiger partial charge in [0.15, 0.2) is 0 Å². The quantitative estimate of drug-likeness (QED) is 0.222. The number of methoxy groups -OCH3 is 1. The van der Waals surface area contributed by atoms with Gasteiger partial charge >= 0.3 is 23.8 Å². The minimum Gasteiger partial charge on any atom is -0.465 e. The largest absolute Gasteiger partial charge is 0.465 e. The van der Waals surface area contributed by atoms with E-state index in [2.05, 4.69) is 17.2 Å². The maximum Gasteiger partial charge on any atom is 0.340 e. The number of allylic oxidation sites excluding steroid dienone is 1. The molecule has 1 aliphatic heterocycles. The monoisotopic (exact) mass is 521 g/mol. The third-order valence-electron chi connectivity index (χ3n) is 5.47. The van der Waals surface area contributed by atoms with Crippen LogP contribution in [0.4, 0.5) is 5.69 Å². The number of nitrogens with zero attached hydrogens (tertiary/aromatic N) is 1. The number of carbonyl (C=O) groups is 5. The fraction of sp³-hybridized carbons (Fsp3) is 0.222. The van der Waals surface area contributed by atoms with E-state index in [1.165, 1.54) is 42.4 Å². The Balaban J connectivity index is 1.63. The number of hydrogen-bond acceptors (Lipinski definition) is 8. The van der Waals surface area contributed by atoms with Gasteiger partial charge in [0.1, 0.15) is 11.5 Å². The number of nitrogens with one attached hydrogen (secondary N) is 2. The molecule has 0 spiro atoms. The van der Waals surface area contributed by atoms with E-state index in [1.807, 2.05) is 0 Å². The molecule has 2 aromatic rings. The summed E-state index contributed by atoms with van der Waals surface area (Å²) in [5, 5.41) is 4.87. The van der Waals surface area contributed by atoms with E-state index < -0.39 is 29.7 Å². The van der Waals surface area contributed by atoms with Crippen LogP contribution in [0.15, 0.2) is 70.3 Å². The van der Waals surface area contributed by atoms with Crippen molar-refractivity contribution in [3.63, 3.8) is 0 Å². The van der Waals surface area contributed by atoms with E-state index in [-0.39, 0.29) is 36.6 Å². The Bertz CT molecular complexity index is 1330. The average Bonchev–Trinajstić information content (AvgIpc) is 3.45. The number of esters is 2. The molecule has 0 saturated heterocycles. The van der Waals surface area contributed by atoms with Crippen molar-refractivity contribution >= 4 is 41.4 Å². The van der Waals surface area contributed by atoms with Crippen molar-refractivity contribution in [1.82, 2.24) is 10.2 Å². The van der Waals surface area contributed by atoms with E-state index in [9.17, 15) is 24.0 Å². The summed E-state index contributed by atoms with van der Waals surface area (Å²) < 4.78 is 15.4. The molecule has 0 aliphatic carbocycles. The Morgan fingerprint density at radius 2 is 1.76 bits per heavy atom. The van der Waals surface area contributed by atoms with Crippen LogP contribution in [0.5, 0.6) is 0 Å². The predicted molar refractivity (Wildman–Crippen MR) is 136 cm³/mol. The van der Waals surface area contributed by atoms with Gasteiger partial charge in [0.25, 0.3) is 5.91 Å². The molecule has 1 aromatic heterocycles. The molecular weight excluding hydrogens is 494 g/mol. The second-order valence-electron chi connectivity index (χ2n) is 7.95. The zero-order chi connectivity index (χ0) is 27.8. The Hall–Kier alpha value is -4.93. The first-order valence-electron chi connectivity index (χ1n) is 11.6. The normalized spacial score (nSPS) is 13.9. The second-order valence-corrected chi connectivity index (χ2v) is 7.95. The second kappa shape index (κ2) is 12.3. The minimum atomic E-state index is -0.912. The van der Waals surface area contributed by atoms with E-state index >= 15 is 0 Å². The van der Waals surface area contributed by atoms with Crippen molar-refractivity contribution in [1.29, 1.82) is 0 Å². The topological polar surface area (TPSA) is 144 Å². The Morgan fingerprint density at radius 3 is 2.39 bits per heavy atom. The van der Waals surface area contributed by atoms with Gasteiger partial charge in [-0.05, 0) is 56.3 Å². The maximum absolute atomic E-state index is 12.9. The average molecular weight is 522 g/mol. The summed E-state index contributed by atoms with van der Waals surface area (Å²) in [6, 6.07) is 9.02. The maximum atomic E-state index is 12.9. The molecule has 2 heterocycles. The van der Waals surface area contributed by atoms with Crippen LogP contribution in [0, 0.1) is 0 Å². The number of benzene rings is 1. The van der Waals surface area contributed by atoms with Gasteiger partial charge in [0.2, 0.25) is 0 Å². The molecule has 11 nitrogen and oxygen atoms in total. The molecule has 0 unspecified atom stereocenters. The summed E-state index contributed by atoms with van der Waals surface area (Å²) in [5.74, 6) is -2.80. The van der Waals surface area contributed by atoms with Gasteiger partial charge in [-0.1, -0.05) is 6.08 Å². The predicted octanol–water partition coefficient (Wildman–Crippen LogP) is 2.57. The smallest absolute Gasteiger partial charge is 0.340 e. The van der Waals surface area contributed by atoms with Crippen LogP contribution >= 0.6 is 0 Å². The first kappa shape index (κ1) is 27.7. The lowest BCUT2D eigenvalue weighted by Crippen LogP contribution is -2.34. The number of furan rings is 1. The Kier molecular flexibility index (Phi) is 8.99. The van der Waals surface area contributed by atoms with Crippen LogP contribution in [-0.4, -0.2) is 54.8 Å². The lowest BCUT2D eigenvalue weighted by molar-refractivity contribution is -0.136. The summed E-state index contributed by atoms with van der Waals surface area (Å²) in [6.45, 7) is 7.31. The van der Waals surface area contributed by atoms with Gasteiger partial charge < -0.3 is 29.4 Å². The summed E-state index contributed by atoms with van der Waals surface area (Å²) in [5.41, 5.74) is 1.30. The van der Waals surface area contributed by atoms with Crippen LogP contribution in [0.2, 0.25) is 0 Å². The van der Waals surface area contributed by atoms with Gasteiger partial charge in [-0.2, -0.15) is 0 Å². The highest BCUT2D eigenvalue weighted by Crippen LogP contribution is 2.31. The van der Waals surface area contributed by atoms with Crippen molar-refractivity contribution in [2.45, 2.75) is 20.4 Å². The minimum absolute atomic E-state index is 0.105. The van der Waals surface area contributed by atoms with Crippen molar-refractivity contribution in [3.05, 3.63) is 83.0 Å². The fourth-order valence-corrected chi connectivity index (χ4v) is 3.63. The number of ether oxygens (including phenoxy) is 2. The lowest BCUT2D eigenvalue weighted by atomic mass is 10.1. The summed E-state index contributed by atoms with van der Waals surface area (Å²) in [7, 11) is 1.23. The van der Waals surface area contributed by atoms with Crippen LogP contribution in [0.3, 0.4) is 0 Å². The third-order valence-corrected chi connectivity index (χ3v) is 5.47. The van der Waals surface area contributed by atoms with Gasteiger partial charge in [-0.15, -0.1) is 6.58 Å². The molecular formula is C27H27N3O8. The molecule has 3 amide bonds. The van der Waals surface area contributed by atoms with Crippen molar-refractivity contribution in [3.8, 4) is 0 Å². The molecule has 0 saturated carbocycles. The highest BCUT2D eigenvalue weighted by Gasteiger charge is 2.36. The molecule has 0 atom stereocenters. The third kappa shape index (κ3) is 6.25. The fourth-order valence-electron chi connectivity index (χ4n) is 3.63. The van der Waals surface area contributed by atoms with Gasteiger partial charge in [-0.25, -0.2) is 9.59 Å². The van der Waals surface area contributed by atoms with E-state index in [0.717, 1.165) is 0 Å². The molecule has 3 rings (SSSR count). The van der Waals surface area contributed by atoms with Crippen LogP contribution < -0.4 is 10.6 Å². The van der Waals surface area contributed by atoms with Crippen molar-refractivity contribution in [2.24, 2.45) is 0 Å². The SMILES string of the molecule is C=CCN1C(=O)/C(=C/c2ccc(CNC(=O)C(=O)Nc3ccc(C(=O)OCC)cc3)o2)C(C(=O)OC)=C1C. The molecule has 0 radical (unpaired) electrons.